The van der Waals surface area contributed by atoms with Crippen molar-refractivity contribution in [3.63, 3.8) is 0 Å². The number of carbonyl (C=O) groups is 1. The largest absolute Gasteiger partial charge is 0.433 e. The number of nitro groups is 2. The van der Waals surface area contributed by atoms with Gasteiger partial charge in [0.25, 0.3) is 5.91 Å². The normalized spacial score (nSPS) is 11.1. The highest BCUT2D eigenvalue weighted by Crippen LogP contribution is 2.16. The molecule has 118 valence electrons. The van der Waals surface area contributed by atoms with Gasteiger partial charge in [-0.3, -0.25) is 14.9 Å². The van der Waals surface area contributed by atoms with Crippen molar-refractivity contribution < 1.29 is 19.1 Å². The lowest BCUT2D eigenvalue weighted by atomic mass is 10.4. The molecule has 0 saturated heterocycles. The minimum atomic E-state index is -0.865. The molecule has 1 amide bonds. The topological polar surface area (TPSA) is 170 Å². The summed E-state index contributed by atoms with van der Waals surface area (Å²) in [5, 5.41) is 24.5. The number of amides is 1. The summed E-state index contributed by atoms with van der Waals surface area (Å²) in [6.07, 6.45) is 4.90. The second kappa shape index (κ2) is 6.75. The molecule has 0 aromatic carbocycles. The van der Waals surface area contributed by atoms with E-state index in [2.05, 4.69) is 15.1 Å². The van der Waals surface area contributed by atoms with E-state index in [-0.39, 0.29) is 5.76 Å². The van der Waals surface area contributed by atoms with Crippen molar-refractivity contribution in [2.75, 3.05) is 0 Å². The molecule has 2 rings (SSSR count). The van der Waals surface area contributed by atoms with Crippen molar-refractivity contribution in [2.45, 2.75) is 0 Å². The summed E-state index contributed by atoms with van der Waals surface area (Å²) in [5.41, 5.74) is 1.64. The Morgan fingerprint density at radius 1 is 1.35 bits per heavy atom. The molecule has 0 spiro atoms. The molecule has 0 fully saturated rings. The van der Waals surface area contributed by atoms with E-state index in [1.54, 1.807) is 0 Å². The first-order valence-corrected chi connectivity index (χ1v) is 5.91. The molecule has 2 aromatic heterocycles. The number of hydrazone groups is 1. The van der Waals surface area contributed by atoms with E-state index < -0.39 is 33.1 Å². The van der Waals surface area contributed by atoms with Crippen LogP contribution in [0.5, 0.6) is 0 Å². The smallest absolute Gasteiger partial charge is 0.401 e. The molecule has 12 nitrogen and oxygen atoms in total. The standard InChI is InChI=1S/C11H8N6O6/c18-11(9-10(17(21)22)13-6-12-9)15-14-5-1-2-7-3-4-8(23-7)16(19)20/h1-6H,(H,12,13)(H,15,18)/b2-1+,14-5+. The predicted molar refractivity (Wildman–Crippen MR) is 75.6 cm³/mol. The highest BCUT2D eigenvalue weighted by molar-refractivity contribution is 5.95. The molecule has 0 aliphatic carbocycles. The Hall–Kier alpha value is -3.83. The first-order chi connectivity index (χ1) is 11.0. The highest BCUT2D eigenvalue weighted by Gasteiger charge is 2.21. The molecule has 2 heterocycles. The minimum Gasteiger partial charge on any atom is -0.401 e. The first-order valence-electron chi connectivity index (χ1n) is 5.91. The van der Waals surface area contributed by atoms with Crippen LogP contribution in [0.4, 0.5) is 11.7 Å². The van der Waals surface area contributed by atoms with Gasteiger partial charge in [-0.1, -0.05) is 0 Å². The van der Waals surface area contributed by atoms with Gasteiger partial charge in [-0.25, -0.2) is 15.4 Å². The SMILES string of the molecule is O=C(N/N=C/C=C/c1ccc([N+](=O)[O-])o1)c1nc[nH]c1[N+](=O)[O-]. The number of aromatic nitrogens is 2. The van der Waals surface area contributed by atoms with Crippen LogP contribution in [-0.2, 0) is 0 Å². The van der Waals surface area contributed by atoms with Gasteiger partial charge in [0.15, 0.2) is 6.33 Å². The molecule has 0 aliphatic rings. The molecule has 0 bridgehead atoms. The number of hydrogen-bond acceptors (Lipinski definition) is 8. The maximum atomic E-state index is 11.6. The van der Waals surface area contributed by atoms with Crippen LogP contribution in [0.2, 0.25) is 0 Å². The molecular weight excluding hydrogens is 312 g/mol. The molecule has 2 N–H and O–H groups in total. The summed E-state index contributed by atoms with van der Waals surface area (Å²) in [5.74, 6) is -1.59. The zero-order valence-corrected chi connectivity index (χ0v) is 11.2. The summed E-state index contributed by atoms with van der Waals surface area (Å²) in [6, 6.07) is 2.57. The Bertz CT molecular complexity index is 804. The molecule has 0 unspecified atom stereocenters. The molecule has 0 saturated carbocycles. The zero-order chi connectivity index (χ0) is 16.8. The summed E-state index contributed by atoms with van der Waals surface area (Å²) < 4.78 is 4.85. The van der Waals surface area contributed by atoms with Crippen LogP contribution in [0.1, 0.15) is 16.2 Å². The summed E-state index contributed by atoms with van der Waals surface area (Å²) in [4.78, 5) is 36.9. The molecule has 12 heteroatoms. The monoisotopic (exact) mass is 320 g/mol. The Morgan fingerprint density at radius 3 is 2.78 bits per heavy atom. The van der Waals surface area contributed by atoms with E-state index in [0.717, 1.165) is 12.5 Å². The number of H-pyrrole nitrogens is 1. The lowest BCUT2D eigenvalue weighted by molar-refractivity contribution is -0.402. The van der Waals surface area contributed by atoms with Crippen molar-refractivity contribution in [3.8, 4) is 0 Å². The van der Waals surface area contributed by atoms with Gasteiger partial charge < -0.3 is 14.5 Å². The Kier molecular flexibility index (Phi) is 4.57. The number of nitrogens with zero attached hydrogens (tertiary/aromatic N) is 4. The van der Waals surface area contributed by atoms with Crippen molar-refractivity contribution in [3.05, 3.63) is 56.2 Å². The third kappa shape index (κ3) is 3.84. The molecule has 0 radical (unpaired) electrons. The Labute approximate surface area is 126 Å². The van der Waals surface area contributed by atoms with Crippen LogP contribution in [0, 0.1) is 20.2 Å². The van der Waals surface area contributed by atoms with Crippen molar-refractivity contribution in [1.29, 1.82) is 0 Å². The molecule has 2 aromatic rings. The third-order valence-corrected chi connectivity index (χ3v) is 2.40. The molecular formula is C11H8N6O6. The van der Waals surface area contributed by atoms with E-state index in [1.165, 1.54) is 24.3 Å². The number of aromatic amines is 1. The lowest BCUT2D eigenvalue weighted by Crippen LogP contribution is -2.19. The fraction of sp³-hybridized carbons (Fsp3) is 0. The highest BCUT2D eigenvalue weighted by atomic mass is 16.6. The van der Waals surface area contributed by atoms with Gasteiger partial charge in [0.1, 0.15) is 10.7 Å². The quantitative estimate of drug-likeness (QED) is 0.458. The van der Waals surface area contributed by atoms with E-state index in [4.69, 9.17) is 4.42 Å². The molecule has 0 atom stereocenters. The van der Waals surface area contributed by atoms with Crippen molar-refractivity contribution in [2.24, 2.45) is 5.10 Å². The Balaban J connectivity index is 1.92. The zero-order valence-electron chi connectivity index (χ0n) is 11.2. The fourth-order valence-electron chi connectivity index (χ4n) is 1.45. The van der Waals surface area contributed by atoms with Crippen LogP contribution in [0.15, 0.2) is 34.1 Å². The van der Waals surface area contributed by atoms with Crippen LogP contribution in [0.3, 0.4) is 0 Å². The van der Waals surface area contributed by atoms with Crippen LogP contribution in [-0.4, -0.2) is 31.9 Å². The average molecular weight is 320 g/mol. The second-order valence-electron chi connectivity index (χ2n) is 3.87. The number of allylic oxidation sites excluding steroid dienone is 1. The van der Waals surface area contributed by atoms with Gasteiger partial charge in [-0.05, 0) is 23.1 Å². The molecule has 23 heavy (non-hydrogen) atoms. The van der Waals surface area contributed by atoms with E-state index >= 15 is 0 Å². The fourth-order valence-corrected chi connectivity index (χ4v) is 1.45. The number of rotatable bonds is 6. The van der Waals surface area contributed by atoms with Crippen LogP contribution in [0.25, 0.3) is 6.08 Å². The predicted octanol–water partition coefficient (Wildman–Crippen LogP) is 1.25. The van der Waals surface area contributed by atoms with Gasteiger partial charge in [-0.15, -0.1) is 0 Å². The average Bonchev–Trinajstić information content (AvgIpc) is 3.15. The minimum absolute atomic E-state index is 0.220. The summed E-state index contributed by atoms with van der Waals surface area (Å²) >= 11 is 0. The summed E-state index contributed by atoms with van der Waals surface area (Å²) in [7, 11) is 0. The Morgan fingerprint density at radius 2 is 2.13 bits per heavy atom. The third-order valence-electron chi connectivity index (χ3n) is 2.40. The molecule has 0 aliphatic heterocycles. The van der Waals surface area contributed by atoms with E-state index in [0.29, 0.717) is 0 Å². The van der Waals surface area contributed by atoms with Gasteiger partial charge in [-0.2, -0.15) is 5.10 Å². The van der Waals surface area contributed by atoms with Gasteiger partial charge >= 0.3 is 11.7 Å². The number of hydrogen-bond donors (Lipinski definition) is 2. The summed E-state index contributed by atoms with van der Waals surface area (Å²) in [6.45, 7) is 0. The maximum absolute atomic E-state index is 11.6. The lowest BCUT2D eigenvalue weighted by Gasteiger charge is -1.95. The van der Waals surface area contributed by atoms with E-state index in [1.807, 2.05) is 5.43 Å². The maximum Gasteiger partial charge on any atom is 0.433 e. The van der Waals surface area contributed by atoms with Crippen molar-refractivity contribution in [1.82, 2.24) is 15.4 Å². The second-order valence-corrected chi connectivity index (χ2v) is 3.87. The van der Waals surface area contributed by atoms with E-state index in [9.17, 15) is 25.0 Å². The number of imidazole rings is 1. The van der Waals surface area contributed by atoms with Crippen molar-refractivity contribution >= 4 is 29.9 Å². The van der Waals surface area contributed by atoms with Gasteiger partial charge in [0.2, 0.25) is 5.69 Å². The number of nitrogens with one attached hydrogen (secondary N) is 2. The van der Waals surface area contributed by atoms with Crippen LogP contribution < -0.4 is 5.43 Å². The van der Waals surface area contributed by atoms with Gasteiger partial charge in [0.05, 0.1) is 6.07 Å². The number of furan rings is 1. The van der Waals surface area contributed by atoms with Gasteiger partial charge in [0, 0.05) is 6.21 Å². The van der Waals surface area contributed by atoms with Crippen LogP contribution >= 0.6 is 0 Å². The first kappa shape index (κ1) is 15.6. The number of carbonyl (C=O) groups excluding carboxylic acids is 1.